The zero-order chi connectivity index (χ0) is 17.3. The third-order valence-electron chi connectivity index (χ3n) is 3.92. The Bertz CT molecular complexity index is 1000. The van der Waals surface area contributed by atoms with Crippen molar-refractivity contribution in [2.24, 2.45) is 0 Å². The highest BCUT2D eigenvalue weighted by Crippen LogP contribution is 2.27. The molecule has 0 atom stereocenters. The quantitative estimate of drug-likeness (QED) is 0.772. The predicted octanol–water partition coefficient (Wildman–Crippen LogP) is 3.20. The second kappa shape index (κ2) is 6.13. The van der Waals surface area contributed by atoms with E-state index in [0.29, 0.717) is 5.52 Å². The first-order chi connectivity index (χ1) is 11.4. The molecular formula is C18H17NO4S. The van der Waals surface area contributed by atoms with Gasteiger partial charge >= 0.3 is 5.97 Å². The van der Waals surface area contributed by atoms with Crippen LogP contribution in [0.2, 0.25) is 0 Å². The molecule has 0 aliphatic rings. The summed E-state index contributed by atoms with van der Waals surface area (Å²) in [5, 5.41) is 9.69. The number of fused-ring (bicyclic) bond motifs is 1. The highest BCUT2D eigenvalue weighted by molar-refractivity contribution is 7.90. The van der Waals surface area contributed by atoms with Crippen molar-refractivity contribution in [3.05, 3.63) is 65.9 Å². The van der Waals surface area contributed by atoms with Crippen molar-refractivity contribution in [2.45, 2.75) is 24.7 Å². The van der Waals surface area contributed by atoms with E-state index in [1.807, 2.05) is 19.1 Å². The summed E-state index contributed by atoms with van der Waals surface area (Å²) in [6.07, 6.45) is 1.78. The van der Waals surface area contributed by atoms with Gasteiger partial charge in [-0.25, -0.2) is 12.4 Å². The SMILES string of the molecule is Cc1ccc2c(c1)c(CCC(=O)O)cn2S(=O)(=O)c1ccccc1. The molecule has 1 aromatic heterocycles. The van der Waals surface area contributed by atoms with Crippen LogP contribution < -0.4 is 0 Å². The third-order valence-corrected chi connectivity index (χ3v) is 5.60. The Labute approximate surface area is 140 Å². The van der Waals surface area contributed by atoms with Crippen LogP contribution in [0.25, 0.3) is 10.9 Å². The number of hydrogen-bond acceptors (Lipinski definition) is 3. The highest BCUT2D eigenvalue weighted by atomic mass is 32.2. The first kappa shape index (κ1) is 16.3. The number of carboxylic acid groups (broad SMARTS) is 1. The molecule has 3 aromatic rings. The normalized spacial score (nSPS) is 11.7. The van der Waals surface area contributed by atoms with E-state index in [2.05, 4.69) is 0 Å². The van der Waals surface area contributed by atoms with Crippen LogP contribution in [-0.2, 0) is 21.2 Å². The first-order valence-corrected chi connectivity index (χ1v) is 8.96. The number of rotatable bonds is 5. The summed E-state index contributed by atoms with van der Waals surface area (Å²) in [6.45, 7) is 1.92. The summed E-state index contributed by atoms with van der Waals surface area (Å²) in [4.78, 5) is 11.1. The van der Waals surface area contributed by atoms with Crippen molar-refractivity contribution in [3.8, 4) is 0 Å². The number of aliphatic carboxylic acids is 1. The monoisotopic (exact) mass is 343 g/mol. The number of carbonyl (C=O) groups is 1. The fourth-order valence-corrected chi connectivity index (χ4v) is 4.14. The number of nitrogens with zero attached hydrogens (tertiary/aromatic N) is 1. The predicted molar refractivity (Wildman–Crippen MR) is 91.7 cm³/mol. The average molecular weight is 343 g/mol. The lowest BCUT2D eigenvalue weighted by Crippen LogP contribution is -2.11. The molecule has 1 N–H and O–H groups in total. The molecule has 3 rings (SSSR count). The Morgan fingerprint density at radius 2 is 1.83 bits per heavy atom. The molecular weight excluding hydrogens is 326 g/mol. The van der Waals surface area contributed by atoms with Crippen LogP contribution >= 0.6 is 0 Å². The maximum absolute atomic E-state index is 12.9. The number of hydrogen-bond donors (Lipinski definition) is 1. The maximum Gasteiger partial charge on any atom is 0.303 e. The fourth-order valence-electron chi connectivity index (χ4n) is 2.73. The van der Waals surface area contributed by atoms with E-state index < -0.39 is 16.0 Å². The van der Waals surface area contributed by atoms with Crippen LogP contribution in [0, 0.1) is 6.92 Å². The van der Waals surface area contributed by atoms with Gasteiger partial charge in [0.2, 0.25) is 0 Å². The van der Waals surface area contributed by atoms with E-state index in [1.54, 1.807) is 36.4 Å². The van der Waals surface area contributed by atoms with E-state index in [0.717, 1.165) is 16.5 Å². The standard InChI is InChI=1S/C18H17NO4S/c1-13-7-9-17-16(11-13)14(8-10-18(20)21)12-19(17)24(22,23)15-5-3-2-4-6-15/h2-7,9,11-12H,8,10H2,1H3,(H,20,21). The molecule has 0 radical (unpaired) electrons. The third kappa shape index (κ3) is 2.92. The summed E-state index contributed by atoms with van der Waals surface area (Å²) in [7, 11) is -3.73. The Balaban J connectivity index is 2.20. The molecule has 1 heterocycles. The molecule has 0 aliphatic heterocycles. The van der Waals surface area contributed by atoms with Crippen LogP contribution in [0.3, 0.4) is 0 Å². The van der Waals surface area contributed by atoms with Gasteiger partial charge < -0.3 is 5.11 Å². The van der Waals surface area contributed by atoms with Gasteiger partial charge in [0.25, 0.3) is 10.0 Å². The topological polar surface area (TPSA) is 76.4 Å². The number of benzene rings is 2. The van der Waals surface area contributed by atoms with E-state index in [9.17, 15) is 13.2 Å². The van der Waals surface area contributed by atoms with E-state index >= 15 is 0 Å². The van der Waals surface area contributed by atoms with Gasteiger partial charge in [0, 0.05) is 18.0 Å². The lowest BCUT2D eigenvalue weighted by atomic mass is 10.1. The highest BCUT2D eigenvalue weighted by Gasteiger charge is 2.21. The Hall–Kier alpha value is -2.60. The van der Waals surface area contributed by atoms with E-state index in [-0.39, 0.29) is 17.7 Å². The first-order valence-electron chi connectivity index (χ1n) is 7.52. The zero-order valence-corrected chi connectivity index (χ0v) is 14.0. The molecule has 0 aliphatic carbocycles. The number of carboxylic acids is 1. The summed E-state index contributed by atoms with van der Waals surface area (Å²) in [5.74, 6) is -0.908. The molecule has 0 unspecified atom stereocenters. The van der Waals surface area contributed by atoms with Gasteiger partial charge in [-0.1, -0.05) is 29.8 Å². The minimum Gasteiger partial charge on any atom is -0.481 e. The molecule has 0 fully saturated rings. The molecule has 0 saturated heterocycles. The minimum atomic E-state index is -3.73. The van der Waals surface area contributed by atoms with Crippen molar-refractivity contribution in [1.82, 2.24) is 3.97 Å². The van der Waals surface area contributed by atoms with Crippen molar-refractivity contribution >= 4 is 26.9 Å². The second-order valence-electron chi connectivity index (χ2n) is 5.68. The molecule has 0 bridgehead atoms. The molecule has 5 nitrogen and oxygen atoms in total. The van der Waals surface area contributed by atoms with Gasteiger partial charge in [-0.05, 0) is 43.2 Å². The van der Waals surface area contributed by atoms with Gasteiger partial charge in [0.1, 0.15) is 0 Å². The Kier molecular flexibility index (Phi) is 4.15. The molecule has 6 heteroatoms. The fraction of sp³-hybridized carbons (Fsp3) is 0.167. The van der Waals surface area contributed by atoms with Crippen LogP contribution in [0.5, 0.6) is 0 Å². The number of aryl methyl sites for hydroxylation is 2. The van der Waals surface area contributed by atoms with Crippen molar-refractivity contribution in [2.75, 3.05) is 0 Å². The largest absolute Gasteiger partial charge is 0.481 e. The molecule has 2 aromatic carbocycles. The summed E-state index contributed by atoms with van der Waals surface area (Å²) in [6, 6.07) is 13.7. The maximum atomic E-state index is 12.9. The Morgan fingerprint density at radius 1 is 1.12 bits per heavy atom. The zero-order valence-electron chi connectivity index (χ0n) is 13.1. The molecule has 124 valence electrons. The van der Waals surface area contributed by atoms with Crippen molar-refractivity contribution in [3.63, 3.8) is 0 Å². The smallest absolute Gasteiger partial charge is 0.303 e. The summed E-state index contributed by atoms with van der Waals surface area (Å²) < 4.78 is 27.1. The summed E-state index contributed by atoms with van der Waals surface area (Å²) in [5.41, 5.74) is 2.27. The van der Waals surface area contributed by atoms with Crippen LogP contribution in [-0.4, -0.2) is 23.5 Å². The molecule has 0 spiro atoms. The lowest BCUT2D eigenvalue weighted by Gasteiger charge is -2.07. The van der Waals surface area contributed by atoms with Gasteiger partial charge in [-0.3, -0.25) is 4.79 Å². The van der Waals surface area contributed by atoms with Gasteiger partial charge in [0.15, 0.2) is 0 Å². The van der Waals surface area contributed by atoms with E-state index in [4.69, 9.17) is 5.11 Å². The van der Waals surface area contributed by atoms with Crippen molar-refractivity contribution < 1.29 is 18.3 Å². The Morgan fingerprint density at radius 3 is 2.50 bits per heavy atom. The van der Waals surface area contributed by atoms with Crippen molar-refractivity contribution in [1.29, 1.82) is 0 Å². The molecule has 0 saturated carbocycles. The lowest BCUT2D eigenvalue weighted by molar-refractivity contribution is -0.136. The van der Waals surface area contributed by atoms with Gasteiger partial charge in [0.05, 0.1) is 10.4 Å². The summed E-state index contributed by atoms with van der Waals surface area (Å²) >= 11 is 0. The van der Waals surface area contributed by atoms with E-state index in [1.165, 1.54) is 10.2 Å². The van der Waals surface area contributed by atoms with Gasteiger partial charge in [-0.2, -0.15) is 0 Å². The van der Waals surface area contributed by atoms with Gasteiger partial charge in [-0.15, -0.1) is 0 Å². The second-order valence-corrected chi connectivity index (χ2v) is 7.50. The average Bonchev–Trinajstić information content (AvgIpc) is 2.92. The molecule has 24 heavy (non-hydrogen) atoms. The van der Waals surface area contributed by atoms with Crippen LogP contribution in [0.1, 0.15) is 17.5 Å². The minimum absolute atomic E-state index is 0.0432. The van der Waals surface area contributed by atoms with Crippen LogP contribution in [0.15, 0.2) is 59.6 Å². The number of aromatic nitrogens is 1. The molecule has 0 amide bonds. The van der Waals surface area contributed by atoms with Crippen LogP contribution in [0.4, 0.5) is 0 Å².